The number of epoxide rings is 1. The van der Waals surface area contributed by atoms with E-state index in [9.17, 15) is 9.59 Å². The van der Waals surface area contributed by atoms with Crippen molar-refractivity contribution in [3.63, 3.8) is 0 Å². The third-order valence-corrected chi connectivity index (χ3v) is 6.21. The molecule has 0 N–H and O–H groups in total. The molecular weight excluding hydrogens is 348 g/mol. The normalized spacial score (nSPS) is 35.1. The summed E-state index contributed by atoms with van der Waals surface area (Å²) in [6.45, 7) is 0. The molecular formula is C21H12O6. The molecule has 0 amide bonds. The van der Waals surface area contributed by atoms with Gasteiger partial charge in [0, 0.05) is 22.3 Å². The van der Waals surface area contributed by atoms with Crippen LogP contribution in [0.3, 0.4) is 0 Å². The van der Waals surface area contributed by atoms with Crippen LogP contribution in [0, 0.1) is 0 Å². The van der Waals surface area contributed by atoms with Gasteiger partial charge in [-0.1, -0.05) is 18.2 Å². The average Bonchev–Trinajstić information content (AvgIpc) is 3.46. The molecule has 3 aliphatic heterocycles. The van der Waals surface area contributed by atoms with E-state index in [-0.39, 0.29) is 11.6 Å². The largest absolute Gasteiger partial charge is 0.496 e. The van der Waals surface area contributed by atoms with Crippen LogP contribution in [0.4, 0.5) is 0 Å². The first-order valence-corrected chi connectivity index (χ1v) is 8.78. The summed E-state index contributed by atoms with van der Waals surface area (Å²) in [4.78, 5) is 25.4. The van der Waals surface area contributed by atoms with Gasteiger partial charge in [0.15, 0.2) is 23.8 Å². The molecule has 2 aromatic rings. The molecule has 2 spiro atoms. The maximum Gasteiger partial charge on any atom is 0.269 e. The Balaban J connectivity index is 1.67. The van der Waals surface area contributed by atoms with Crippen LogP contribution in [0.2, 0.25) is 0 Å². The molecule has 4 atom stereocenters. The highest BCUT2D eigenvalue weighted by Crippen LogP contribution is 2.67. The number of benzene rings is 2. The minimum absolute atomic E-state index is 0.0918. The lowest BCUT2D eigenvalue weighted by Gasteiger charge is -2.42. The molecule has 1 saturated heterocycles. The van der Waals surface area contributed by atoms with Crippen molar-refractivity contribution < 1.29 is 28.5 Å². The molecule has 1 fully saturated rings. The van der Waals surface area contributed by atoms with E-state index in [0.717, 1.165) is 5.56 Å². The quantitative estimate of drug-likeness (QED) is 0.726. The number of ketones is 2. The number of hydrogen-bond donors (Lipinski definition) is 0. The van der Waals surface area contributed by atoms with Crippen LogP contribution >= 0.6 is 0 Å². The van der Waals surface area contributed by atoms with E-state index in [2.05, 4.69) is 0 Å². The molecule has 0 unspecified atom stereocenters. The molecule has 0 saturated carbocycles. The lowest BCUT2D eigenvalue weighted by atomic mass is 9.76. The van der Waals surface area contributed by atoms with E-state index >= 15 is 0 Å². The Morgan fingerprint density at radius 3 is 2.85 bits per heavy atom. The number of methoxy groups -OCH3 is 1. The zero-order chi connectivity index (χ0) is 18.1. The van der Waals surface area contributed by atoms with Crippen molar-refractivity contribution in [3.8, 4) is 11.5 Å². The van der Waals surface area contributed by atoms with E-state index in [1.807, 2.05) is 12.1 Å². The smallest absolute Gasteiger partial charge is 0.269 e. The Bertz CT molecular complexity index is 1160. The summed E-state index contributed by atoms with van der Waals surface area (Å²) in [5.41, 5.74) is 2.17. The zero-order valence-corrected chi connectivity index (χ0v) is 14.1. The Kier molecular flexibility index (Phi) is 2.08. The van der Waals surface area contributed by atoms with Crippen LogP contribution in [-0.2, 0) is 20.9 Å². The summed E-state index contributed by atoms with van der Waals surface area (Å²) in [7, 11) is 1.53. The fourth-order valence-corrected chi connectivity index (χ4v) is 5.13. The third-order valence-electron chi connectivity index (χ3n) is 6.21. The van der Waals surface area contributed by atoms with E-state index in [1.165, 1.54) is 13.2 Å². The lowest BCUT2D eigenvalue weighted by molar-refractivity contribution is -0.245. The van der Waals surface area contributed by atoms with Crippen molar-refractivity contribution in [2.24, 2.45) is 0 Å². The van der Waals surface area contributed by atoms with Gasteiger partial charge in [-0.15, -0.1) is 0 Å². The number of carbonyl (C=O) groups excluding carboxylic acids is 2. The number of hydrogen-bond acceptors (Lipinski definition) is 6. The van der Waals surface area contributed by atoms with Crippen molar-refractivity contribution in [1.82, 2.24) is 0 Å². The lowest BCUT2D eigenvalue weighted by Crippen LogP contribution is -2.50. The van der Waals surface area contributed by atoms with Gasteiger partial charge in [0.1, 0.15) is 17.1 Å². The summed E-state index contributed by atoms with van der Waals surface area (Å²) in [6, 6.07) is 9.07. The molecule has 132 valence electrons. The zero-order valence-electron chi connectivity index (χ0n) is 14.1. The van der Waals surface area contributed by atoms with Crippen LogP contribution in [0.1, 0.15) is 37.4 Å². The Labute approximate surface area is 153 Å². The van der Waals surface area contributed by atoms with E-state index in [0.29, 0.717) is 33.8 Å². The summed E-state index contributed by atoms with van der Waals surface area (Å²) in [6.07, 6.45) is 2.20. The van der Waals surface area contributed by atoms with Gasteiger partial charge in [-0.2, -0.15) is 0 Å². The minimum Gasteiger partial charge on any atom is -0.496 e. The number of carbonyl (C=O) groups is 2. The van der Waals surface area contributed by atoms with Crippen molar-refractivity contribution >= 4 is 11.6 Å². The van der Waals surface area contributed by atoms with Crippen LogP contribution in [0.5, 0.6) is 11.5 Å². The van der Waals surface area contributed by atoms with Crippen molar-refractivity contribution in [2.45, 2.75) is 23.6 Å². The highest BCUT2D eigenvalue weighted by atomic mass is 16.8. The van der Waals surface area contributed by atoms with Crippen LogP contribution in [0.15, 0.2) is 42.5 Å². The standard InChI is InChI=1S/C21H12O6/c1-24-12-6-5-10-16-14(12)17(23)18-19(25-18)21(16)26-13-4-2-3-9-11(22)7-8-20(10,27-21)15(9)13/h2-8,18-19H,1H3/t18-,19-,20+,21+/m1/s1. The highest BCUT2D eigenvalue weighted by molar-refractivity contribution is 6.10. The van der Waals surface area contributed by atoms with Gasteiger partial charge >= 0.3 is 0 Å². The second-order valence-corrected chi connectivity index (χ2v) is 7.39. The molecule has 6 nitrogen and oxygen atoms in total. The summed E-state index contributed by atoms with van der Waals surface area (Å²) >= 11 is 0. The topological polar surface area (TPSA) is 74.4 Å². The third kappa shape index (κ3) is 1.29. The Morgan fingerprint density at radius 2 is 2.00 bits per heavy atom. The molecule has 6 heteroatoms. The van der Waals surface area contributed by atoms with E-state index < -0.39 is 23.6 Å². The second kappa shape index (κ2) is 3.98. The number of fused-ring (bicyclic) bond motifs is 1. The van der Waals surface area contributed by atoms with Gasteiger partial charge in [0.2, 0.25) is 0 Å². The average molecular weight is 360 g/mol. The van der Waals surface area contributed by atoms with E-state index in [4.69, 9.17) is 18.9 Å². The molecule has 5 aliphatic rings. The van der Waals surface area contributed by atoms with Gasteiger partial charge in [-0.05, 0) is 24.3 Å². The van der Waals surface area contributed by atoms with Crippen LogP contribution in [0.25, 0.3) is 0 Å². The molecule has 7 rings (SSSR count). The first kappa shape index (κ1) is 14.1. The summed E-state index contributed by atoms with van der Waals surface area (Å²) in [5, 5.41) is 0. The van der Waals surface area contributed by atoms with Gasteiger partial charge in [0.25, 0.3) is 5.79 Å². The van der Waals surface area contributed by atoms with Gasteiger partial charge in [-0.3, -0.25) is 9.59 Å². The fourth-order valence-electron chi connectivity index (χ4n) is 5.13. The Hall–Kier alpha value is -2.96. The van der Waals surface area contributed by atoms with Crippen LogP contribution in [-0.4, -0.2) is 30.9 Å². The molecule has 2 bridgehead atoms. The summed E-state index contributed by atoms with van der Waals surface area (Å²) in [5.74, 6) is -0.361. The van der Waals surface area contributed by atoms with Gasteiger partial charge < -0.3 is 18.9 Å². The number of ether oxygens (including phenoxy) is 4. The van der Waals surface area contributed by atoms with E-state index in [1.54, 1.807) is 24.3 Å². The first-order chi connectivity index (χ1) is 13.1. The SMILES string of the molecule is COc1ccc2c3c1C(=O)[C@H]1O[C@H]1[C@]31Oc3cccc4c3[C@@]2(C=CC4=O)O1. The first-order valence-electron chi connectivity index (χ1n) is 8.78. The van der Waals surface area contributed by atoms with Gasteiger partial charge in [-0.25, -0.2) is 0 Å². The predicted octanol–water partition coefficient (Wildman–Crippen LogP) is 2.23. The minimum atomic E-state index is -1.21. The predicted molar refractivity (Wildman–Crippen MR) is 90.1 cm³/mol. The second-order valence-electron chi connectivity index (χ2n) is 7.39. The fraction of sp³-hybridized carbons (Fsp3) is 0.238. The molecule has 0 aromatic heterocycles. The summed E-state index contributed by atoms with van der Waals surface area (Å²) < 4.78 is 24.1. The number of rotatable bonds is 1. The number of allylic oxidation sites excluding steroid dienone is 1. The monoisotopic (exact) mass is 360 g/mol. The molecule has 0 radical (unpaired) electrons. The Morgan fingerprint density at radius 1 is 1.11 bits per heavy atom. The van der Waals surface area contributed by atoms with Gasteiger partial charge in [0.05, 0.1) is 12.7 Å². The maximum absolute atomic E-state index is 13.0. The van der Waals surface area contributed by atoms with Crippen molar-refractivity contribution in [2.75, 3.05) is 7.11 Å². The molecule has 2 aromatic carbocycles. The molecule has 27 heavy (non-hydrogen) atoms. The van der Waals surface area contributed by atoms with Crippen molar-refractivity contribution in [3.05, 3.63) is 70.3 Å². The highest BCUT2D eigenvalue weighted by Gasteiger charge is 2.75. The maximum atomic E-state index is 13.0. The number of Topliss-reactive ketones (excluding diaryl/α,β-unsaturated/α-hetero) is 1. The molecule has 2 aliphatic carbocycles. The van der Waals surface area contributed by atoms with Crippen LogP contribution < -0.4 is 9.47 Å². The van der Waals surface area contributed by atoms with Crippen molar-refractivity contribution in [1.29, 1.82) is 0 Å². The molecule has 3 heterocycles.